The first kappa shape index (κ1) is 17.8. The third-order valence-electron chi connectivity index (χ3n) is 4.02. The van der Waals surface area contributed by atoms with Crippen molar-refractivity contribution in [3.05, 3.63) is 28.8 Å². The molecule has 7 heteroatoms. The van der Waals surface area contributed by atoms with Gasteiger partial charge in [0.05, 0.1) is 11.8 Å². The molecule has 0 aromatic heterocycles. The number of carboxylic acid groups (broad SMARTS) is 1. The molecule has 4 nitrogen and oxygen atoms in total. The summed E-state index contributed by atoms with van der Waals surface area (Å²) in [6.45, 7) is 1.81. The quantitative estimate of drug-likeness (QED) is 0.674. The lowest BCUT2D eigenvalue weighted by atomic mass is 9.78. The fourth-order valence-electron chi connectivity index (χ4n) is 2.64. The third kappa shape index (κ3) is 3.84. The highest BCUT2D eigenvalue weighted by Gasteiger charge is 2.42. The monoisotopic (exact) mass is 451 g/mol. The van der Waals surface area contributed by atoms with E-state index in [-0.39, 0.29) is 15.6 Å². The van der Waals surface area contributed by atoms with Crippen LogP contribution in [0.2, 0.25) is 5.02 Å². The van der Waals surface area contributed by atoms with E-state index in [0.29, 0.717) is 23.6 Å². The molecule has 1 fully saturated rings. The maximum Gasteiger partial charge on any atom is 0.307 e. The second-order valence-electron chi connectivity index (χ2n) is 5.46. The lowest BCUT2D eigenvalue weighted by Crippen LogP contribution is -2.42. The van der Waals surface area contributed by atoms with Crippen molar-refractivity contribution in [3.8, 4) is 0 Å². The lowest BCUT2D eigenvalue weighted by Gasteiger charge is -2.34. The summed E-state index contributed by atoms with van der Waals surface area (Å²) >= 11 is 13.0. The molecule has 1 aromatic carbocycles. The first-order chi connectivity index (χ1) is 10.3. The third-order valence-corrected chi connectivity index (χ3v) is 7.16. The summed E-state index contributed by atoms with van der Waals surface area (Å²) in [5.74, 6) is -2.49. The van der Waals surface area contributed by atoms with Gasteiger partial charge in [0.15, 0.2) is 0 Å². The summed E-state index contributed by atoms with van der Waals surface area (Å²) in [7, 11) is 0. The molecule has 0 heterocycles. The molecule has 0 aliphatic heterocycles. The molecule has 120 valence electrons. The van der Waals surface area contributed by atoms with E-state index in [1.807, 2.05) is 6.92 Å². The van der Waals surface area contributed by atoms with Crippen LogP contribution in [0, 0.1) is 18.8 Å². The number of benzene rings is 1. The summed E-state index contributed by atoms with van der Waals surface area (Å²) in [6.07, 6.45) is 0.885. The van der Waals surface area contributed by atoms with Gasteiger partial charge in [-0.25, -0.2) is 0 Å². The van der Waals surface area contributed by atoms with E-state index in [0.717, 1.165) is 5.56 Å². The Labute approximate surface area is 150 Å². The minimum absolute atomic E-state index is 0.0468. The Morgan fingerprint density at radius 1 is 1.23 bits per heavy atom. The maximum absolute atomic E-state index is 12.5. The van der Waals surface area contributed by atoms with Gasteiger partial charge in [-0.3, -0.25) is 9.59 Å². The van der Waals surface area contributed by atoms with Crippen molar-refractivity contribution in [2.45, 2.75) is 29.4 Å². The average Bonchev–Trinajstić information content (AvgIpc) is 2.46. The van der Waals surface area contributed by atoms with E-state index < -0.39 is 17.8 Å². The van der Waals surface area contributed by atoms with Crippen LogP contribution in [0.5, 0.6) is 0 Å². The van der Waals surface area contributed by atoms with E-state index in [1.54, 1.807) is 18.2 Å². The highest BCUT2D eigenvalue weighted by molar-refractivity contribution is 9.12. The fourth-order valence-corrected chi connectivity index (χ4v) is 4.05. The summed E-state index contributed by atoms with van der Waals surface area (Å²) in [6, 6.07) is 5.26. The van der Waals surface area contributed by atoms with Gasteiger partial charge in [-0.15, -0.1) is 0 Å². The zero-order chi connectivity index (χ0) is 16.4. The molecule has 1 aliphatic carbocycles. The Balaban J connectivity index is 2.19. The van der Waals surface area contributed by atoms with Crippen LogP contribution in [0.3, 0.4) is 0 Å². The molecule has 4 atom stereocenters. The number of carbonyl (C=O) groups is 2. The molecule has 22 heavy (non-hydrogen) atoms. The molecule has 2 rings (SSSR count). The highest BCUT2D eigenvalue weighted by atomic mass is 79.9. The van der Waals surface area contributed by atoms with E-state index in [1.165, 1.54) is 0 Å². The van der Waals surface area contributed by atoms with Gasteiger partial charge in [0, 0.05) is 20.4 Å². The van der Waals surface area contributed by atoms with E-state index in [4.69, 9.17) is 11.6 Å². The largest absolute Gasteiger partial charge is 0.481 e. The molecule has 0 bridgehead atoms. The Hall–Kier alpha value is -0.590. The van der Waals surface area contributed by atoms with Crippen LogP contribution in [-0.4, -0.2) is 26.6 Å². The Bertz CT molecular complexity index is 596. The Kier molecular flexibility index (Phi) is 5.91. The van der Waals surface area contributed by atoms with Crippen LogP contribution in [0.25, 0.3) is 0 Å². The summed E-state index contributed by atoms with van der Waals surface area (Å²) < 4.78 is 0. The normalized spacial score (nSPS) is 28.2. The smallest absolute Gasteiger partial charge is 0.307 e. The summed E-state index contributed by atoms with van der Waals surface area (Å²) in [4.78, 5) is 24.1. The number of nitrogens with one attached hydrogen (secondary N) is 1. The SMILES string of the molecule is Cc1c(Cl)cccc1NC(=O)C1CC(Br)C(Br)CC1C(=O)O. The molecule has 2 N–H and O–H groups in total. The van der Waals surface area contributed by atoms with Gasteiger partial charge in [0.1, 0.15) is 0 Å². The van der Waals surface area contributed by atoms with Crippen molar-refractivity contribution < 1.29 is 14.7 Å². The standard InChI is InChI=1S/C15H16Br2ClNO3/c1-7-12(18)3-2-4-13(7)19-14(20)8-5-10(16)11(17)6-9(8)15(21)22/h2-4,8-11H,5-6H2,1H3,(H,19,20)(H,21,22). The molecule has 0 saturated heterocycles. The number of carbonyl (C=O) groups excluding carboxylic acids is 1. The second-order valence-corrected chi connectivity index (χ2v) is 8.22. The van der Waals surface area contributed by atoms with Crippen LogP contribution in [0.1, 0.15) is 18.4 Å². The van der Waals surface area contributed by atoms with Crippen molar-refractivity contribution in [1.29, 1.82) is 0 Å². The summed E-state index contributed by atoms with van der Waals surface area (Å²) in [5, 5.41) is 12.8. The van der Waals surface area contributed by atoms with Gasteiger partial charge >= 0.3 is 5.97 Å². The van der Waals surface area contributed by atoms with Gasteiger partial charge in [0.2, 0.25) is 5.91 Å². The van der Waals surface area contributed by atoms with Crippen molar-refractivity contribution in [3.63, 3.8) is 0 Å². The first-order valence-corrected chi connectivity index (χ1v) is 9.09. The number of halogens is 3. The highest BCUT2D eigenvalue weighted by Crippen LogP contribution is 2.38. The number of hydrogen-bond donors (Lipinski definition) is 2. The zero-order valence-corrected chi connectivity index (χ0v) is 15.8. The van der Waals surface area contributed by atoms with E-state index in [2.05, 4.69) is 37.2 Å². The molecule has 1 aliphatic rings. The number of alkyl halides is 2. The molecular formula is C15H16Br2ClNO3. The average molecular weight is 454 g/mol. The van der Waals surface area contributed by atoms with E-state index in [9.17, 15) is 14.7 Å². The fraction of sp³-hybridized carbons (Fsp3) is 0.467. The Morgan fingerprint density at radius 3 is 2.41 bits per heavy atom. The van der Waals surface area contributed by atoms with Crippen molar-refractivity contribution in [2.75, 3.05) is 5.32 Å². The van der Waals surface area contributed by atoms with Gasteiger partial charge in [0.25, 0.3) is 0 Å². The minimum Gasteiger partial charge on any atom is -0.481 e. The van der Waals surface area contributed by atoms with Crippen LogP contribution >= 0.6 is 43.5 Å². The molecule has 1 amide bonds. The first-order valence-electron chi connectivity index (χ1n) is 6.88. The Morgan fingerprint density at radius 2 is 1.82 bits per heavy atom. The topological polar surface area (TPSA) is 66.4 Å². The van der Waals surface area contributed by atoms with Crippen LogP contribution in [-0.2, 0) is 9.59 Å². The van der Waals surface area contributed by atoms with Gasteiger partial charge < -0.3 is 10.4 Å². The predicted octanol–water partition coefficient (Wildman–Crippen LogP) is 4.22. The van der Waals surface area contributed by atoms with Gasteiger partial charge in [-0.05, 0) is 37.5 Å². The van der Waals surface area contributed by atoms with Gasteiger partial charge in [-0.1, -0.05) is 49.5 Å². The molecule has 0 radical (unpaired) electrons. The van der Waals surface area contributed by atoms with Crippen molar-refractivity contribution in [1.82, 2.24) is 0 Å². The van der Waals surface area contributed by atoms with Crippen molar-refractivity contribution >= 4 is 61.0 Å². The van der Waals surface area contributed by atoms with Gasteiger partial charge in [-0.2, -0.15) is 0 Å². The lowest BCUT2D eigenvalue weighted by molar-refractivity contribution is -0.147. The molecule has 4 unspecified atom stereocenters. The van der Waals surface area contributed by atoms with Crippen LogP contribution in [0.4, 0.5) is 5.69 Å². The predicted molar refractivity (Wildman–Crippen MR) is 94.1 cm³/mol. The minimum atomic E-state index is -0.938. The summed E-state index contributed by atoms with van der Waals surface area (Å²) in [5.41, 5.74) is 1.39. The second kappa shape index (κ2) is 7.32. The number of hydrogen-bond acceptors (Lipinski definition) is 2. The van der Waals surface area contributed by atoms with Crippen LogP contribution < -0.4 is 5.32 Å². The number of carboxylic acids is 1. The number of aliphatic carboxylic acids is 1. The molecular weight excluding hydrogens is 437 g/mol. The number of anilines is 1. The zero-order valence-electron chi connectivity index (χ0n) is 11.9. The maximum atomic E-state index is 12.5. The molecule has 1 saturated carbocycles. The van der Waals surface area contributed by atoms with E-state index >= 15 is 0 Å². The number of rotatable bonds is 3. The molecule has 0 spiro atoms. The number of amides is 1. The van der Waals surface area contributed by atoms with Crippen LogP contribution in [0.15, 0.2) is 18.2 Å². The van der Waals surface area contributed by atoms with Crippen molar-refractivity contribution in [2.24, 2.45) is 11.8 Å². The molecule has 1 aromatic rings.